The third kappa shape index (κ3) is 5.42. The fraction of sp³-hybridized carbons (Fsp3) is 0. The molecule has 0 aliphatic rings. The fourth-order valence-electron chi connectivity index (χ4n) is 8.15. The van der Waals surface area contributed by atoms with Gasteiger partial charge in [0.05, 0.1) is 11.2 Å². The predicted molar refractivity (Wildman–Crippen MR) is 237 cm³/mol. The van der Waals surface area contributed by atoms with Gasteiger partial charge in [0.1, 0.15) is 11.2 Å². The Morgan fingerprint density at radius 2 is 0.982 bits per heavy atom. The zero-order valence-corrected chi connectivity index (χ0v) is 30.3. The SMILES string of the molecule is [2H]c1c([2H])c(N(c2ccc(-c3cccc4ccccc34)cc2)c2ccccc2-c2ccc3oc4c5ccccc5ccc4c3c2)c([2H])c([2H])c1-c1ccc2ccccc2c1. The number of anilines is 3. The first-order valence-electron chi connectivity index (χ1n) is 20.8. The number of rotatable bonds is 6. The molecule has 0 atom stereocenters. The van der Waals surface area contributed by atoms with Crippen LogP contribution in [0.15, 0.2) is 217 Å². The molecule has 0 aliphatic carbocycles. The van der Waals surface area contributed by atoms with Gasteiger partial charge in [-0.3, -0.25) is 0 Å². The van der Waals surface area contributed by atoms with Crippen molar-refractivity contribution in [2.24, 2.45) is 0 Å². The highest BCUT2D eigenvalue weighted by molar-refractivity contribution is 6.15. The molecular formula is C54H35NO. The molecule has 10 aromatic carbocycles. The molecule has 1 aromatic heterocycles. The normalized spacial score (nSPS) is 12.6. The van der Waals surface area contributed by atoms with Gasteiger partial charge in [0.25, 0.3) is 0 Å². The van der Waals surface area contributed by atoms with Crippen LogP contribution in [0.1, 0.15) is 5.48 Å². The van der Waals surface area contributed by atoms with Crippen LogP contribution in [-0.4, -0.2) is 0 Å². The molecule has 56 heavy (non-hydrogen) atoms. The predicted octanol–water partition coefficient (Wildman–Crippen LogP) is 15.5. The second kappa shape index (κ2) is 13.2. The number of fused-ring (bicyclic) bond motifs is 7. The van der Waals surface area contributed by atoms with Gasteiger partial charge < -0.3 is 9.32 Å². The molecule has 0 radical (unpaired) electrons. The summed E-state index contributed by atoms with van der Waals surface area (Å²) >= 11 is 0. The van der Waals surface area contributed by atoms with Gasteiger partial charge in [0, 0.05) is 33.1 Å². The number of furan rings is 1. The molecule has 1 heterocycles. The molecule has 0 unspecified atom stereocenters. The zero-order valence-electron chi connectivity index (χ0n) is 34.3. The van der Waals surface area contributed by atoms with Crippen molar-refractivity contribution in [1.29, 1.82) is 0 Å². The molecule has 0 fully saturated rings. The summed E-state index contributed by atoms with van der Waals surface area (Å²) in [7, 11) is 0. The van der Waals surface area contributed by atoms with E-state index in [1.54, 1.807) is 0 Å². The summed E-state index contributed by atoms with van der Waals surface area (Å²) < 4.78 is 44.7. The first-order valence-corrected chi connectivity index (χ1v) is 18.8. The van der Waals surface area contributed by atoms with Crippen molar-refractivity contribution in [3.8, 4) is 33.4 Å². The molecular weight excluding hydrogens is 679 g/mol. The summed E-state index contributed by atoms with van der Waals surface area (Å²) in [5.41, 5.74) is 8.03. The highest BCUT2D eigenvalue weighted by atomic mass is 16.3. The maximum Gasteiger partial charge on any atom is 0.143 e. The van der Waals surface area contributed by atoms with Gasteiger partial charge in [-0.15, -0.1) is 0 Å². The fourth-order valence-corrected chi connectivity index (χ4v) is 8.15. The Labute approximate surface area is 330 Å². The van der Waals surface area contributed by atoms with Crippen molar-refractivity contribution < 1.29 is 9.90 Å². The summed E-state index contributed by atoms with van der Waals surface area (Å²) in [6, 6.07) is 62.7. The van der Waals surface area contributed by atoms with Crippen molar-refractivity contribution in [1.82, 2.24) is 0 Å². The molecule has 0 spiro atoms. The topological polar surface area (TPSA) is 16.4 Å². The number of benzene rings is 10. The third-order valence-electron chi connectivity index (χ3n) is 10.9. The Hall–Kier alpha value is -7.42. The number of nitrogens with zero attached hydrogens (tertiary/aromatic N) is 1. The smallest absolute Gasteiger partial charge is 0.143 e. The quantitative estimate of drug-likeness (QED) is 0.170. The summed E-state index contributed by atoms with van der Waals surface area (Å²) in [6.07, 6.45) is 0. The molecule has 11 aromatic rings. The molecule has 2 heteroatoms. The van der Waals surface area contributed by atoms with Gasteiger partial charge in [-0.25, -0.2) is 0 Å². The van der Waals surface area contributed by atoms with E-state index in [0.717, 1.165) is 76.5 Å². The van der Waals surface area contributed by atoms with E-state index in [-0.39, 0.29) is 35.4 Å². The second-order valence-corrected chi connectivity index (χ2v) is 14.2. The lowest BCUT2D eigenvalue weighted by Crippen LogP contribution is -2.11. The maximum absolute atomic E-state index is 9.66. The summed E-state index contributed by atoms with van der Waals surface area (Å²) in [5.74, 6) is 0. The maximum atomic E-state index is 9.66. The van der Waals surface area contributed by atoms with Crippen molar-refractivity contribution in [3.63, 3.8) is 0 Å². The number of hydrogen-bond donors (Lipinski definition) is 0. The summed E-state index contributed by atoms with van der Waals surface area (Å²) in [5, 5.41) is 8.48. The van der Waals surface area contributed by atoms with Gasteiger partial charge in [0.2, 0.25) is 0 Å². The molecule has 0 saturated carbocycles. The Morgan fingerprint density at radius 1 is 0.357 bits per heavy atom. The second-order valence-electron chi connectivity index (χ2n) is 14.2. The third-order valence-corrected chi connectivity index (χ3v) is 10.9. The average molecular weight is 718 g/mol. The van der Waals surface area contributed by atoms with Crippen LogP contribution in [0.3, 0.4) is 0 Å². The van der Waals surface area contributed by atoms with Crippen LogP contribution in [0.25, 0.3) is 87.6 Å². The average Bonchev–Trinajstić information content (AvgIpc) is 3.68. The molecule has 0 saturated heterocycles. The molecule has 0 amide bonds. The Kier molecular flexibility index (Phi) is 6.60. The van der Waals surface area contributed by atoms with E-state index in [0.29, 0.717) is 16.9 Å². The van der Waals surface area contributed by atoms with Crippen LogP contribution >= 0.6 is 0 Å². The van der Waals surface area contributed by atoms with Crippen molar-refractivity contribution in [3.05, 3.63) is 212 Å². The molecule has 262 valence electrons. The van der Waals surface area contributed by atoms with Crippen molar-refractivity contribution in [2.45, 2.75) is 0 Å². The highest BCUT2D eigenvalue weighted by Crippen LogP contribution is 2.44. The van der Waals surface area contributed by atoms with Crippen molar-refractivity contribution in [2.75, 3.05) is 4.90 Å². The first kappa shape index (κ1) is 28.1. The summed E-state index contributed by atoms with van der Waals surface area (Å²) in [6.45, 7) is 0. The van der Waals surface area contributed by atoms with E-state index in [1.807, 2.05) is 114 Å². The molecule has 11 rings (SSSR count). The lowest BCUT2D eigenvalue weighted by atomic mass is 9.97. The van der Waals surface area contributed by atoms with Gasteiger partial charge in [-0.05, 0) is 109 Å². The van der Waals surface area contributed by atoms with E-state index in [4.69, 9.17) is 4.42 Å². The van der Waals surface area contributed by atoms with Crippen LogP contribution in [0.4, 0.5) is 17.1 Å². The minimum atomic E-state index is -0.129. The molecule has 0 N–H and O–H groups in total. The van der Waals surface area contributed by atoms with Crippen molar-refractivity contribution >= 4 is 71.3 Å². The molecule has 0 aliphatic heterocycles. The Morgan fingerprint density at radius 3 is 1.82 bits per heavy atom. The van der Waals surface area contributed by atoms with E-state index < -0.39 is 0 Å². The highest BCUT2D eigenvalue weighted by Gasteiger charge is 2.19. The Balaban J connectivity index is 1.12. The van der Waals surface area contributed by atoms with Gasteiger partial charge in [-0.2, -0.15) is 0 Å². The summed E-state index contributed by atoms with van der Waals surface area (Å²) in [4.78, 5) is 1.89. The largest absolute Gasteiger partial charge is 0.455 e. The zero-order chi connectivity index (χ0) is 40.5. The number of para-hydroxylation sites is 1. The van der Waals surface area contributed by atoms with Gasteiger partial charge in [0.15, 0.2) is 0 Å². The lowest BCUT2D eigenvalue weighted by Gasteiger charge is -2.28. The van der Waals surface area contributed by atoms with Crippen LogP contribution in [0, 0.1) is 0 Å². The van der Waals surface area contributed by atoms with Gasteiger partial charge >= 0.3 is 0 Å². The van der Waals surface area contributed by atoms with Gasteiger partial charge in [-0.1, -0.05) is 158 Å². The first-order chi connectivity index (χ1) is 29.4. The van der Waals surface area contributed by atoms with Crippen LogP contribution in [-0.2, 0) is 0 Å². The van der Waals surface area contributed by atoms with E-state index in [9.17, 15) is 5.48 Å². The van der Waals surface area contributed by atoms with E-state index in [1.165, 1.54) is 0 Å². The standard InChI is InChI=1S/C54H35NO/c1-2-13-41-34-42(21-20-36(41)10-1)37-22-28-44(29-23-37)55(45-30-24-40(25-31-45)47-18-9-14-38-11-3-5-15-46(38)47)52-19-8-7-16-48(52)43-27-33-53-51(35-43)50-32-26-39-12-4-6-17-49(39)54(50)56-53/h1-35H/i22D,23D,28D,29D. The van der Waals surface area contributed by atoms with Crippen LogP contribution in [0.2, 0.25) is 0 Å². The molecule has 2 nitrogen and oxygen atoms in total. The Bertz CT molecular complexity index is 3460. The van der Waals surface area contributed by atoms with Crippen LogP contribution < -0.4 is 4.90 Å². The lowest BCUT2D eigenvalue weighted by molar-refractivity contribution is 0.672. The van der Waals surface area contributed by atoms with E-state index in [2.05, 4.69) is 78.9 Å². The minimum Gasteiger partial charge on any atom is -0.455 e. The van der Waals surface area contributed by atoms with E-state index >= 15 is 0 Å². The minimum absolute atomic E-state index is 0.102. The van der Waals surface area contributed by atoms with Crippen LogP contribution in [0.5, 0.6) is 0 Å². The monoisotopic (exact) mass is 717 g/mol. The number of hydrogen-bond acceptors (Lipinski definition) is 2. The molecule has 0 bridgehead atoms.